The predicted octanol–water partition coefficient (Wildman–Crippen LogP) is 1.41. The van der Waals surface area contributed by atoms with E-state index >= 15 is 0 Å². The van der Waals surface area contributed by atoms with Gasteiger partial charge >= 0.3 is 82.2 Å². The summed E-state index contributed by atoms with van der Waals surface area (Å²) in [6.45, 7) is 14.5. The molecule has 3 heteroatoms. The quantitative estimate of drug-likeness (QED) is 0.425. The van der Waals surface area contributed by atoms with Gasteiger partial charge in [0.25, 0.3) is 0 Å². The Morgan fingerprint density at radius 3 is 2.54 bits per heavy atom. The number of hydrogen-bond acceptors (Lipinski definition) is 1. The van der Waals surface area contributed by atoms with Gasteiger partial charge in [-0.25, -0.2) is 0 Å². The standard InChI is InChI=1S/C10H17B2N/c1-5-9(11-6-2)10(12-7-3)13-8-4/h6-7,12H,2-3,5,8H2,1,4H3/b13-10+. The van der Waals surface area contributed by atoms with E-state index in [0.29, 0.717) is 0 Å². The topological polar surface area (TPSA) is 12.4 Å². The summed E-state index contributed by atoms with van der Waals surface area (Å²) in [5, 5.41) is 0. The van der Waals surface area contributed by atoms with Crippen molar-refractivity contribution in [2.45, 2.75) is 20.3 Å². The van der Waals surface area contributed by atoms with Crippen LogP contribution in [0.3, 0.4) is 0 Å². The zero-order valence-electron chi connectivity index (χ0n) is 8.71. The fraction of sp³-hybridized carbons (Fsp3) is 0.400. The molecule has 0 N–H and O–H groups in total. The summed E-state index contributed by atoms with van der Waals surface area (Å²) in [6.07, 6.45) is 0.999. The minimum absolute atomic E-state index is 0.831. The van der Waals surface area contributed by atoms with Gasteiger partial charge in [-0.15, -0.1) is 0 Å². The zero-order chi connectivity index (χ0) is 10.1. The molecular formula is C10H17B2N. The molecule has 13 heavy (non-hydrogen) atoms. The van der Waals surface area contributed by atoms with Crippen molar-refractivity contribution in [3.8, 4) is 0 Å². The number of nitrogens with zero attached hydrogens (tertiary/aromatic N) is 1. The van der Waals surface area contributed by atoms with Crippen LogP contribution in [0.4, 0.5) is 0 Å². The van der Waals surface area contributed by atoms with Gasteiger partial charge in [0.05, 0.1) is 0 Å². The van der Waals surface area contributed by atoms with E-state index in [2.05, 4.69) is 25.1 Å². The van der Waals surface area contributed by atoms with Crippen LogP contribution in [0.25, 0.3) is 0 Å². The van der Waals surface area contributed by atoms with Gasteiger partial charge in [-0.05, 0) is 0 Å². The molecule has 0 amide bonds. The SMILES string of the molecule is C=C/B=C(CC)\C(BC=C)=N/CC. The third kappa shape index (κ3) is 4.66. The summed E-state index contributed by atoms with van der Waals surface area (Å²) in [5.74, 6) is 3.70. The van der Waals surface area contributed by atoms with Crippen LogP contribution in [0.5, 0.6) is 0 Å². The van der Waals surface area contributed by atoms with Gasteiger partial charge in [-0.1, -0.05) is 0 Å². The van der Waals surface area contributed by atoms with Crippen LogP contribution in [-0.2, 0) is 0 Å². The maximum atomic E-state index is 4.43. The first-order valence-electron chi connectivity index (χ1n) is 4.76. The van der Waals surface area contributed by atoms with Gasteiger partial charge in [-0.3, -0.25) is 0 Å². The van der Waals surface area contributed by atoms with Gasteiger partial charge in [0, 0.05) is 0 Å². The van der Waals surface area contributed by atoms with Gasteiger partial charge in [0.1, 0.15) is 0 Å². The second-order valence-electron chi connectivity index (χ2n) is 2.69. The third-order valence-corrected chi connectivity index (χ3v) is 1.76. The molecule has 0 aliphatic heterocycles. The number of aliphatic imine (C=N–C) groups is 1. The van der Waals surface area contributed by atoms with Crippen molar-refractivity contribution in [3.05, 3.63) is 25.1 Å². The zero-order valence-corrected chi connectivity index (χ0v) is 8.71. The van der Waals surface area contributed by atoms with Crippen molar-refractivity contribution in [2.24, 2.45) is 4.99 Å². The van der Waals surface area contributed by atoms with Gasteiger partial charge < -0.3 is 0 Å². The van der Waals surface area contributed by atoms with E-state index in [4.69, 9.17) is 0 Å². The normalized spacial score (nSPS) is 11.8. The number of rotatable bonds is 6. The van der Waals surface area contributed by atoms with Gasteiger partial charge in [-0.2, -0.15) is 0 Å². The summed E-state index contributed by atoms with van der Waals surface area (Å²) in [7, 11) is 0.849. The van der Waals surface area contributed by atoms with Crippen molar-refractivity contribution in [2.75, 3.05) is 6.54 Å². The fourth-order valence-corrected chi connectivity index (χ4v) is 1.19. The van der Waals surface area contributed by atoms with Gasteiger partial charge in [0.2, 0.25) is 0 Å². The van der Waals surface area contributed by atoms with Crippen LogP contribution in [0.15, 0.2) is 30.1 Å². The van der Waals surface area contributed by atoms with E-state index in [-0.39, 0.29) is 0 Å². The Morgan fingerprint density at radius 2 is 2.15 bits per heavy atom. The van der Waals surface area contributed by atoms with E-state index < -0.39 is 0 Å². The molecule has 0 aromatic rings. The molecule has 0 aliphatic carbocycles. The molecule has 0 rings (SSSR count). The Kier molecular flexibility index (Phi) is 7.27. The summed E-state index contributed by atoms with van der Waals surface area (Å²) in [6, 6.07) is 0. The summed E-state index contributed by atoms with van der Waals surface area (Å²) < 4.78 is 0. The molecule has 0 spiro atoms. The molecule has 0 aromatic carbocycles. The molecule has 0 saturated carbocycles. The first-order chi connectivity index (χ1) is 6.29. The molecule has 0 atom stereocenters. The monoisotopic (exact) mass is 173 g/mol. The van der Waals surface area contributed by atoms with Crippen molar-refractivity contribution in [1.82, 2.24) is 0 Å². The molecule has 0 aromatic heterocycles. The van der Waals surface area contributed by atoms with Gasteiger partial charge in [0.15, 0.2) is 0 Å². The molecule has 0 aliphatic rings. The Labute approximate surface area is 82.8 Å². The molecule has 1 nitrogen and oxygen atoms in total. The average molecular weight is 173 g/mol. The molecule has 0 bridgehead atoms. The summed E-state index contributed by atoms with van der Waals surface area (Å²) >= 11 is 0. The van der Waals surface area contributed by atoms with Crippen LogP contribution >= 0.6 is 0 Å². The minimum atomic E-state index is 0.831. The Morgan fingerprint density at radius 1 is 1.46 bits per heavy atom. The average Bonchev–Trinajstić information content (AvgIpc) is 2.14. The fourth-order valence-electron chi connectivity index (χ4n) is 1.19. The van der Waals surface area contributed by atoms with Crippen LogP contribution in [0.1, 0.15) is 20.3 Å². The van der Waals surface area contributed by atoms with Crippen molar-refractivity contribution in [1.29, 1.82) is 0 Å². The molecular weight excluding hydrogens is 156 g/mol. The van der Waals surface area contributed by atoms with Crippen LogP contribution in [0, 0.1) is 0 Å². The summed E-state index contributed by atoms with van der Waals surface area (Å²) in [5.41, 5.74) is 2.40. The second kappa shape index (κ2) is 7.78. The molecule has 0 radical (unpaired) electrons. The Hall–Kier alpha value is -0.850. The van der Waals surface area contributed by atoms with E-state index in [0.717, 1.165) is 25.9 Å². The van der Waals surface area contributed by atoms with E-state index in [1.807, 2.05) is 25.8 Å². The predicted molar refractivity (Wildman–Crippen MR) is 66.6 cm³/mol. The third-order valence-electron chi connectivity index (χ3n) is 1.76. The van der Waals surface area contributed by atoms with Crippen molar-refractivity contribution in [3.63, 3.8) is 0 Å². The Bertz CT molecular complexity index is 229. The maximum absolute atomic E-state index is 4.43. The van der Waals surface area contributed by atoms with E-state index in [9.17, 15) is 0 Å². The van der Waals surface area contributed by atoms with Crippen molar-refractivity contribution < 1.29 is 0 Å². The summed E-state index contributed by atoms with van der Waals surface area (Å²) in [4.78, 5) is 4.43. The molecule has 0 fully saturated rings. The first kappa shape index (κ1) is 12.1. The molecule has 0 saturated heterocycles. The molecule has 68 valence electrons. The molecule has 0 heterocycles. The number of hydrogen-bond donors (Lipinski definition) is 0. The second-order valence-corrected chi connectivity index (χ2v) is 2.69. The van der Waals surface area contributed by atoms with Crippen molar-refractivity contribution >= 4 is 25.3 Å². The first-order valence-corrected chi connectivity index (χ1v) is 4.76. The Balaban J connectivity index is 4.67. The van der Waals surface area contributed by atoms with Crippen LogP contribution < -0.4 is 0 Å². The van der Waals surface area contributed by atoms with E-state index in [1.165, 1.54) is 5.46 Å². The van der Waals surface area contributed by atoms with E-state index in [1.54, 1.807) is 0 Å². The van der Waals surface area contributed by atoms with Crippen LogP contribution in [-0.4, -0.2) is 31.8 Å². The van der Waals surface area contributed by atoms with Crippen LogP contribution in [0.2, 0.25) is 0 Å². The molecule has 0 unspecified atom stereocenters.